The third-order valence-electron chi connectivity index (χ3n) is 2.37. The summed E-state index contributed by atoms with van der Waals surface area (Å²) < 4.78 is 10.8. The van der Waals surface area contributed by atoms with Crippen molar-refractivity contribution < 1.29 is 14.3 Å². The van der Waals surface area contributed by atoms with Crippen molar-refractivity contribution in [3.05, 3.63) is 17.5 Å². The third-order valence-corrected chi connectivity index (χ3v) is 2.55. The van der Waals surface area contributed by atoms with E-state index in [9.17, 15) is 4.79 Å². The van der Waals surface area contributed by atoms with Crippen LogP contribution in [0.1, 0.15) is 20.8 Å². The highest BCUT2D eigenvalue weighted by Crippen LogP contribution is 2.19. The summed E-state index contributed by atoms with van der Waals surface area (Å²) in [6.07, 6.45) is 2.49. The molecule has 0 saturated carbocycles. The number of hydrogen-bond donors (Lipinski definition) is 0. The quantitative estimate of drug-likeness (QED) is 0.833. The Morgan fingerprint density at radius 2 is 2.11 bits per heavy atom. The van der Waals surface area contributed by atoms with E-state index in [2.05, 4.69) is 9.97 Å². The summed E-state index contributed by atoms with van der Waals surface area (Å²) >= 11 is 5.70. The number of amides is 1. The average Bonchev–Trinajstić information content (AvgIpc) is 2.20. The number of rotatable bonds is 2. The van der Waals surface area contributed by atoms with Crippen molar-refractivity contribution in [2.75, 3.05) is 13.1 Å². The van der Waals surface area contributed by atoms with E-state index in [-0.39, 0.29) is 17.4 Å². The summed E-state index contributed by atoms with van der Waals surface area (Å²) in [5, 5.41) is 0.279. The molecule has 0 bridgehead atoms. The first-order valence-corrected chi connectivity index (χ1v) is 6.33. The van der Waals surface area contributed by atoms with Crippen molar-refractivity contribution >= 4 is 17.7 Å². The predicted molar refractivity (Wildman–Crippen MR) is 69.3 cm³/mol. The molecule has 0 spiro atoms. The summed E-state index contributed by atoms with van der Waals surface area (Å²) in [5.41, 5.74) is -0.485. The summed E-state index contributed by atoms with van der Waals surface area (Å²) in [5.74, 6) is 0.362. The highest BCUT2D eigenvalue weighted by molar-refractivity contribution is 6.29. The molecule has 0 aliphatic carbocycles. The van der Waals surface area contributed by atoms with Crippen LogP contribution in [0.25, 0.3) is 0 Å². The molecular formula is C12H16ClN3O3. The second-order valence-electron chi connectivity index (χ2n) is 5.31. The summed E-state index contributed by atoms with van der Waals surface area (Å²) in [7, 11) is 0. The van der Waals surface area contributed by atoms with Gasteiger partial charge in [0.2, 0.25) is 5.88 Å². The fourth-order valence-corrected chi connectivity index (χ4v) is 1.68. The van der Waals surface area contributed by atoms with Crippen LogP contribution >= 0.6 is 11.6 Å². The number of carbonyl (C=O) groups is 1. The molecule has 104 valence electrons. The number of halogens is 1. The molecule has 7 heteroatoms. The van der Waals surface area contributed by atoms with E-state index >= 15 is 0 Å². The maximum atomic E-state index is 11.7. The predicted octanol–water partition coefficient (Wildman–Crippen LogP) is 2.13. The van der Waals surface area contributed by atoms with Gasteiger partial charge in [-0.3, -0.25) is 4.98 Å². The highest BCUT2D eigenvalue weighted by Gasteiger charge is 2.35. The van der Waals surface area contributed by atoms with Crippen LogP contribution in [0, 0.1) is 0 Å². The van der Waals surface area contributed by atoms with Gasteiger partial charge in [-0.25, -0.2) is 4.79 Å². The minimum atomic E-state index is -0.485. The van der Waals surface area contributed by atoms with Crippen molar-refractivity contribution in [2.24, 2.45) is 0 Å². The van der Waals surface area contributed by atoms with E-state index in [4.69, 9.17) is 21.1 Å². The minimum Gasteiger partial charge on any atom is -0.469 e. The van der Waals surface area contributed by atoms with Gasteiger partial charge in [0.15, 0.2) is 5.15 Å². The molecule has 1 aliphatic heterocycles. The third kappa shape index (κ3) is 3.96. The van der Waals surface area contributed by atoms with Gasteiger partial charge in [-0.05, 0) is 20.8 Å². The smallest absolute Gasteiger partial charge is 0.410 e. The van der Waals surface area contributed by atoms with Gasteiger partial charge < -0.3 is 14.4 Å². The number of nitrogens with zero attached hydrogens (tertiary/aromatic N) is 3. The lowest BCUT2D eigenvalue weighted by molar-refractivity contribution is -0.0233. The molecule has 2 heterocycles. The Balaban J connectivity index is 1.79. The number of aromatic nitrogens is 2. The Morgan fingerprint density at radius 1 is 1.42 bits per heavy atom. The Hall–Kier alpha value is -1.56. The fraction of sp³-hybridized carbons (Fsp3) is 0.583. The number of likely N-dealkylation sites (tertiary alicyclic amines) is 1. The molecule has 1 aromatic rings. The van der Waals surface area contributed by atoms with E-state index in [0.29, 0.717) is 19.0 Å². The van der Waals surface area contributed by atoms with Gasteiger partial charge in [-0.15, -0.1) is 0 Å². The number of hydrogen-bond acceptors (Lipinski definition) is 5. The van der Waals surface area contributed by atoms with Crippen LogP contribution in [0.4, 0.5) is 4.79 Å². The van der Waals surface area contributed by atoms with Crippen LogP contribution in [0.2, 0.25) is 5.15 Å². The topological polar surface area (TPSA) is 64.5 Å². The monoisotopic (exact) mass is 285 g/mol. The molecule has 0 atom stereocenters. The Kier molecular flexibility index (Phi) is 3.80. The Labute approximate surface area is 116 Å². The minimum absolute atomic E-state index is 0.0970. The molecule has 0 aromatic carbocycles. The van der Waals surface area contributed by atoms with Gasteiger partial charge in [0.05, 0.1) is 25.5 Å². The molecule has 1 saturated heterocycles. The zero-order chi connectivity index (χ0) is 14.0. The summed E-state index contributed by atoms with van der Waals surface area (Å²) in [6.45, 7) is 6.45. The SMILES string of the molecule is CC(C)(C)OC(=O)N1CC(Oc2cncc(Cl)n2)C1. The van der Waals surface area contributed by atoms with Gasteiger partial charge in [-0.1, -0.05) is 11.6 Å². The molecule has 19 heavy (non-hydrogen) atoms. The molecular weight excluding hydrogens is 270 g/mol. The summed E-state index contributed by atoms with van der Waals surface area (Å²) in [6, 6.07) is 0. The number of ether oxygens (including phenoxy) is 2. The van der Waals surface area contributed by atoms with Gasteiger partial charge in [0, 0.05) is 0 Å². The zero-order valence-electron chi connectivity index (χ0n) is 11.1. The summed E-state index contributed by atoms with van der Waals surface area (Å²) in [4.78, 5) is 21.1. The Morgan fingerprint density at radius 3 is 2.68 bits per heavy atom. The highest BCUT2D eigenvalue weighted by atomic mass is 35.5. The first kappa shape index (κ1) is 13.9. The average molecular weight is 286 g/mol. The molecule has 1 aromatic heterocycles. The van der Waals surface area contributed by atoms with Crippen molar-refractivity contribution in [3.63, 3.8) is 0 Å². The normalized spacial score (nSPS) is 15.9. The molecule has 6 nitrogen and oxygen atoms in total. The van der Waals surface area contributed by atoms with E-state index in [1.807, 2.05) is 20.8 Å². The first-order valence-electron chi connectivity index (χ1n) is 5.95. The van der Waals surface area contributed by atoms with E-state index in [0.717, 1.165) is 0 Å². The van der Waals surface area contributed by atoms with Crippen molar-refractivity contribution in [1.82, 2.24) is 14.9 Å². The van der Waals surface area contributed by atoms with Crippen LogP contribution in [-0.2, 0) is 4.74 Å². The maximum absolute atomic E-state index is 11.7. The standard InChI is InChI=1S/C12H16ClN3O3/c1-12(2,3)19-11(17)16-6-8(7-16)18-10-5-14-4-9(13)15-10/h4-5,8H,6-7H2,1-3H3. The van der Waals surface area contributed by atoms with Crippen LogP contribution in [0.3, 0.4) is 0 Å². The second-order valence-corrected chi connectivity index (χ2v) is 5.69. The Bertz CT molecular complexity index is 470. The van der Waals surface area contributed by atoms with Gasteiger partial charge >= 0.3 is 6.09 Å². The van der Waals surface area contributed by atoms with Crippen molar-refractivity contribution in [2.45, 2.75) is 32.5 Å². The van der Waals surface area contributed by atoms with Gasteiger partial charge in [0.25, 0.3) is 0 Å². The molecule has 1 aliphatic rings. The van der Waals surface area contributed by atoms with Gasteiger partial charge in [-0.2, -0.15) is 4.98 Å². The molecule has 0 unspecified atom stereocenters. The zero-order valence-corrected chi connectivity index (χ0v) is 11.8. The fourth-order valence-electron chi connectivity index (χ4n) is 1.54. The van der Waals surface area contributed by atoms with Crippen LogP contribution in [0.15, 0.2) is 12.4 Å². The molecule has 1 fully saturated rings. The molecule has 2 rings (SSSR count). The molecule has 0 radical (unpaired) electrons. The van der Waals surface area contributed by atoms with Crippen molar-refractivity contribution in [1.29, 1.82) is 0 Å². The van der Waals surface area contributed by atoms with Crippen LogP contribution in [-0.4, -0.2) is 45.8 Å². The van der Waals surface area contributed by atoms with E-state index in [1.54, 1.807) is 4.90 Å². The van der Waals surface area contributed by atoms with E-state index in [1.165, 1.54) is 12.4 Å². The van der Waals surface area contributed by atoms with Crippen LogP contribution in [0.5, 0.6) is 5.88 Å². The molecule has 1 amide bonds. The van der Waals surface area contributed by atoms with Crippen molar-refractivity contribution in [3.8, 4) is 5.88 Å². The largest absolute Gasteiger partial charge is 0.469 e. The van der Waals surface area contributed by atoms with E-state index < -0.39 is 5.60 Å². The number of carbonyl (C=O) groups excluding carboxylic acids is 1. The molecule has 0 N–H and O–H groups in total. The van der Waals surface area contributed by atoms with Crippen LogP contribution < -0.4 is 4.74 Å². The first-order chi connectivity index (χ1) is 8.83. The maximum Gasteiger partial charge on any atom is 0.410 e. The lowest BCUT2D eigenvalue weighted by atomic mass is 10.2. The second kappa shape index (κ2) is 5.21. The lowest BCUT2D eigenvalue weighted by Gasteiger charge is -2.39. The lowest BCUT2D eigenvalue weighted by Crippen LogP contribution is -2.57. The van der Waals surface area contributed by atoms with Gasteiger partial charge in [0.1, 0.15) is 11.7 Å².